The first-order valence-corrected chi connectivity index (χ1v) is 10.4. The molecule has 7 nitrogen and oxygen atoms in total. The van der Waals surface area contributed by atoms with Crippen LogP contribution in [0.2, 0.25) is 0 Å². The molecule has 0 saturated heterocycles. The smallest absolute Gasteiger partial charge is 0.262 e. The minimum Gasteiger partial charge on any atom is -0.477 e. The topological polar surface area (TPSA) is 76.5 Å². The minimum atomic E-state index is -0.729. The molecule has 4 rings (SSSR count). The first kappa shape index (κ1) is 20.7. The Hall–Kier alpha value is -3.61. The van der Waals surface area contributed by atoms with E-state index in [1.807, 2.05) is 67.1 Å². The molecule has 31 heavy (non-hydrogen) atoms. The number of fused-ring (bicyclic) bond motifs is 1. The minimum absolute atomic E-state index is 0.0454. The summed E-state index contributed by atoms with van der Waals surface area (Å²) >= 11 is 0. The van der Waals surface area contributed by atoms with E-state index in [-0.39, 0.29) is 18.4 Å². The third-order valence-electron chi connectivity index (χ3n) is 5.64. The molecule has 7 heteroatoms. The van der Waals surface area contributed by atoms with Crippen LogP contribution in [0.15, 0.2) is 54.6 Å². The van der Waals surface area contributed by atoms with Crippen LogP contribution in [0.1, 0.15) is 23.4 Å². The molecule has 0 spiro atoms. The lowest BCUT2D eigenvalue weighted by Crippen LogP contribution is -2.50. The molecule has 1 aliphatic rings. The summed E-state index contributed by atoms with van der Waals surface area (Å²) in [5.74, 6) is 0.249. The van der Waals surface area contributed by atoms with E-state index in [4.69, 9.17) is 4.74 Å². The highest BCUT2D eigenvalue weighted by molar-refractivity contribution is 5.97. The van der Waals surface area contributed by atoms with Gasteiger partial charge in [0.15, 0.2) is 6.10 Å². The van der Waals surface area contributed by atoms with Gasteiger partial charge in [0.25, 0.3) is 5.91 Å². The van der Waals surface area contributed by atoms with Crippen molar-refractivity contribution in [1.29, 1.82) is 0 Å². The van der Waals surface area contributed by atoms with Gasteiger partial charge in [-0.25, -0.2) is 4.68 Å². The maximum absolute atomic E-state index is 13.2. The number of nitrogens with zero attached hydrogens (tertiary/aromatic N) is 3. The van der Waals surface area contributed by atoms with Crippen molar-refractivity contribution in [3.63, 3.8) is 0 Å². The average molecular weight is 418 g/mol. The molecule has 0 saturated carbocycles. The van der Waals surface area contributed by atoms with Gasteiger partial charge in [-0.15, -0.1) is 0 Å². The highest BCUT2D eigenvalue weighted by Gasteiger charge is 2.33. The van der Waals surface area contributed by atoms with Crippen LogP contribution >= 0.6 is 0 Å². The summed E-state index contributed by atoms with van der Waals surface area (Å²) in [5, 5.41) is 7.28. The Balaban J connectivity index is 1.54. The summed E-state index contributed by atoms with van der Waals surface area (Å²) in [4.78, 5) is 27.0. The molecule has 3 aromatic rings. The van der Waals surface area contributed by atoms with Crippen LogP contribution in [-0.4, -0.2) is 41.3 Å². The zero-order chi connectivity index (χ0) is 22.0. The summed E-state index contributed by atoms with van der Waals surface area (Å²) in [7, 11) is 1.56. The molecule has 0 radical (unpaired) electrons. The molecule has 160 valence electrons. The Kier molecular flexibility index (Phi) is 5.75. The first-order chi connectivity index (χ1) is 15.0. The number of nitrogens with one attached hydrogen (secondary N) is 1. The van der Waals surface area contributed by atoms with E-state index in [2.05, 4.69) is 10.4 Å². The highest BCUT2D eigenvalue weighted by atomic mass is 16.5. The van der Waals surface area contributed by atoms with E-state index in [0.29, 0.717) is 24.3 Å². The number of carbonyl (C=O) groups excluding carboxylic acids is 2. The summed E-state index contributed by atoms with van der Waals surface area (Å²) in [6.07, 6.45) is 0.165. The van der Waals surface area contributed by atoms with Crippen molar-refractivity contribution in [2.75, 3.05) is 18.5 Å². The molecular weight excluding hydrogens is 392 g/mol. The van der Waals surface area contributed by atoms with Crippen molar-refractivity contribution in [3.05, 3.63) is 71.5 Å². The second-order valence-electron chi connectivity index (χ2n) is 7.59. The van der Waals surface area contributed by atoms with Crippen molar-refractivity contribution >= 4 is 17.5 Å². The standard InChI is InChI=1S/C24H26N4O3/c1-16-19(17(2)28(26-16)18-9-5-4-6-10-18)13-14-23(29)27-15-22(24(30)25-3)31-21-12-8-7-11-20(21)27/h4-12,22H,13-15H2,1-3H3,(H,25,30)/t22-/m1/s1. The number of hydrogen-bond donors (Lipinski definition) is 1. The van der Waals surface area contributed by atoms with Gasteiger partial charge in [0.05, 0.1) is 23.6 Å². The number of aryl methyl sites for hydroxylation is 1. The molecule has 1 atom stereocenters. The van der Waals surface area contributed by atoms with Gasteiger partial charge < -0.3 is 15.0 Å². The number of benzene rings is 2. The number of likely N-dealkylation sites (N-methyl/N-ethyl adjacent to an activating group) is 1. The van der Waals surface area contributed by atoms with Crippen molar-refractivity contribution in [2.24, 2.45) is 0 Å². The van der Waals surface area contributed by atoms with E-state index in [1.165, 1.54) is 0 Å². The largest absolute Gasteiger partial charge is 0.477 e. The first-order valence-electron chi connectivity index (χ1n) is 10.4. The van der Waals surface area contributed by atoms with Crippen molar-refractivity contribution < 1.29 is 14.3 Å². The van der Waals surface area contributed by atoms with Crippen LogP contribution in [0.5, 0.6) is 5.75 Å². The van der Waals surface area contributed by atoms with Crippen LogP contribution in [0.4, 0.5) is 5.69 Å². The molecule has 0 unspecified atom stereocenters. The maximum Gasteiger partial charge on any atom is 0.262 e. The quantitative estimate of drug-likeness (QED) is 0.691. The molecule has 0 bridgehead atoms. The van der Waals surface area contributed by atoms with Crippen LogP contribution in [0.3, 0.4) is 0 Å². The fraction of sp³-hybridized carbons (Fsp3) is 0.292. The lowest BCUT2D eigenvalue weighted by Gasteiger charge is -2.34. The van der Waals surface area contributed by atoms with Crippen LogP contribution in [0.25, 0.3) is 5.69 Å². The van der Waals surface area contributed by atoms with Crippen LogP contribution in [0, 0.1) is 13.8 Å². The summed E-state index contributed by atoms with van der Waals surface area (Å²) in [6, 6.07) is 17.3. The van der Waals surface area contributed by atoms with Gasteiger partial charge in [-0.1, -0.05) is 30.3 Å². The SMILES string of the molecule is CNC(=O)[C@H]1CN(C(=O)CCc2c(C)nn(-c3ccccc3)c2C)c2ccccc2O1. The summed E-state index contributed by atoms with van der Waals surface area (Å²) in [6.45, 7) is 4.19. The highest BCUT2D eigenvalue weighted by Crippen LogP contribution is 2.34. The van der Waals surface area contributed by atoms with Gasteiger partial charge in [-0.3, -0.25) is 9.59 Å². The molecular formula is C24H26N4O3. The Morgan fingerprint density at radius 3 is 2.55 bits per heavy atom. The lowest BCUT2D eigenvalue weighted by molar-refractivity contribution is -0.127. The second kappa shape index (κ2) is 8.63. The third-order valence-corrected chi connectivity index (χ3v) is 5.64. The molecule has 0 aliphatic carbocycles. The van der Waals surface area contributed by atoms with E-state index in [1.54, 1.807) is 18.0 Å². The van der Waals surface area contributed by atoms with Gasteiger partial charge in [0.1, 0.15) is 5.75 Å². The number of para-hydroxylation sites is 3. The zero-order valence-electron chi connectivity index (χ0n) is 18.0. The molecule has 2 aromatic carbocycles. The summed E-state index contributed by atoms with van der Waals surface area (Å²) in [5.41, 5.74) is 4.71. The molecule has 1 aliphatic heterocycles. The lowest BCUT2D eigenvalue weighted by atomic mass is 10.1. The molecule has 0 fully saturated rings. The van der Waals surface area contributed by atoms with Gasteiger partial charge >= 0.3 is 0 Å². The molecule has 2 amide bonds. The summed E-state index contributed by atoms with van der Waals surface area (Å²) < 4.78 is 7.72. The number of anilines is 1. The molecule has 2 heterocycles. The van der Waals surface area contributed by atoms with Crippen molar-refractivity contribution in [3.8, 4) is 11.4 Å². The van der Waals surface area contributed by atoms with Crippen molar-refractivity contribution in [2.45, 2.75) is 32.8 Å². The monoisotopic (exact) mass is 418 g/mol. The zero-order valence-corrected chi connectivity index (χ0v) is 18.0. The molecule has 1 aromatic heterocycles. The fourth-order valence-electron chi connectivity index (χ4n) is 3.99. The number of amides is 2. The number of hydrogen-bond acceptors (Lipinski definition) is 4. The molecule has 1 N–H and O–H groups in total. The second-order valence-corrected chi connectivity index (χ2v) is 7.59. The number of carbonyl (C=O) groups is 2. The Bertz CT molecular complexity index is 1110. The average Bonchev–Trinajstić information content (AvgIpc) is 3.09. The Labute approximate surface area is 181 Å². The predicted molar refractivity (Wildman–Crippen MR) is 119 cm³/mol. The van der Waals surface area contributed by atoms with Gasteiger partial charge in [0, 0.05) is 19.2 Å². The van der Waals surface area contributed by atoms with Crippen molar-refractivity contribution in [1.82, 2.24) is 15.1 Å². The van der Waals surface area contributed by atoms with E-state index >= 15 is 0 Å². The van der Waals surface area contributed by atoms with E-state index < -0.39 is 6.10 Å². The predicted octanol–water partition coefficient (Wildman–Crippen LogP) is 2.96. The van der Waals surface area contributed by atoms with E-state index in [0.717, 1.165) is 22.6 Å². The van der Waals surface area contributed by atoms with Gasteiger partial charge in [-0.2, -0.15) is 5.10 Å². The normalized spacial score (nSPS) is 15.2. The van der Waals surface area contributed by atoms with Gasteiger partial charge in [0.2, 0.25) is 5.91 Å². The Morgan fingerprint density at radius 1 is 1.10 bits per heavy atom. The fourth-order valence-corrected chi connectivity index (χ4v) is 3.99. The number of rotatable bonds is 5. The third kappa shape index (κ3) is 4.03. The van der Waals surface area contributed by atoms with Crippen LogP contribution < -0.4 is 15.0 Å². The maximum atomic E-state index is 13.2. The number of ether oxygens (including phenoxy) is 1. The van der Waals surface area contributed by atoms with Gasteiger partial charge in [-0.05, 0) is 50.1 Å². The Morgan fingerprint density at radius 2 is 1.81 bits per heavy atom. The number of aromatic nitrogens is 2. The van der Waals surface area contributed by atoms with Crippen LogP contribution in [-0.2, 0) is 16.0 Å². The van der Waals surface area contributed by atoms with E-state index in [9.17, 15) is 9.59 Å².